The fourth-order valence-electron chi connectivity index (χ4n) is 7.93. The number of rotatable bonds is 4. The Morgan fingerprint density at radius 3 is 1.75 bits per heavy atom. The molecular formula is C49H28N4. The van der Waals surface area contributed by atoms with Gasteiger partial charge in [-0.3, -0.25) is 0 Å². The van der Waals surface area contributed by atoms with Crippen LogP contribution in [0.5, 0.6) is 0 Å². The second-order valence-corrected chi connectivity index (χ2v) is 13.3. The van der Waals surface area contributed by atoms with Crippen LogP contribution in [0.2, 0.25) is 0 Å². The number of hydrogen-bond acceptors (Lipinski definition) is 1. The van der Waals surface area contributed by atoms with Crippen molar-refractivity contribution in [2.45, 2.75) is 0 Å². The maximum absolute atomic E-state index is 7.67. The zero-order chi connectivity index (χ0) is 35.5. The van der Waals surface area contributed by atoms with Crippen LogP contribution in [0.15, 0.2) is 170 Å². The second kappa shape index (κ2) is 12.1. The number of para-hydroxylation sites is 2. The van der Waals surface area contributed by atoms with Crippen LogP contribution in [-0.4, -0.2) is 9.55 Å². The highest BCUT2D eigenvalue weighted by Crippen LogP contribution is 2.43. The van der Waals surface area contributed by atoms with E-state index in [0.717, 1.165) is 77.3 Å². The first kappa shape index (κ1) is 30.3. The van der Waals surface area contributed by atoms with Crippen LogP contribution >= 0.6 is 0 Å². The van der Waals surface area contributed by atoms with E-state index < -0.39 is 0 Å². The van der Waals surface area contributed by atoms with E-state index in [9.17, 15) is 0 Å². The van der Waals surface area contributed by atoms with Gasteiger partial charge in [0.15, 0.2) is 11.4 Å². The van der Waals surface area contributed by atoms with Crippen molar-refractivity contribution >= 4 is 65.6 Å². The summed E-state index contributed by atoms with van der Waals surface area (Å²) in [5.74, 6) is 0. The average molecular weight is 673 g/mol. The van der Waals surface area contributed by atoms with Gasteiger partial charge in [0.1, 0.15) is 0 Å². The van der Waals surface area contributed by atoms with Crippen molar-refractivity contribution in [1.29, 1.82) is 0 Å². The van der Waals surface area contributed by atoms with Crippen molar-refractivity contribution in [3.63, 3.8) is 0 Å². The minimum absolute atomic E-state index is 0.626. The van der Waals surface area contributed by atoms with Gasteiger partial charge in [0, 0.05) is 32.8 Å². The van der Waals surface area contributed by atoms with Crippen molar-refractivity contribution in [3.05, 3.63) is 193 Å². The molecule has 0 aliphatic heterocycles. The maximum Gasteiger partial charge on any atom is 0.188 e. The van der Waals surface area contributed by atoms with Gasteiger partial charge in [-0.15, -0.1) is 0 Å². The second-order valence-electron chi connectivity index (χ2n) is 13.3. The zero-order valence-electron chi connectivity index (χ0n) is 28.5. The molecule has 0 N–H and O–H groups in total. The lowest BCUT2D eigenvalue weighted by molar-refractivity contribution is 1.18. The highest BCUT2D eigenvalue weighted by atomic mass is 15.0. The summed E-state index contributed by atoms with van der Waals surface area (Å²) in [7, 11) is 0. The molecule has 0 fully saturated rings. The third kappa shape index (κ3) is 4.86. The van der Waals surface area contributed by atoms with E-state index in [1.165, 1.54) is 16.2 Å². The molecule has 0 atom stereocenters. The topological polar surface area (TPSA) is 26.5 Å². The third-order valence-electron chi connectivity index (χ3n) is 10.4. The van der Waals surface area contributed by atoms with Crippen molar-refractivity contribution in [3.8, 4) is 39.2 Å². The molecule has 2 aromatic heterocycles. The van der Waals surface area contributed by atoms with Crippen LogP contribution in [-0.2, 0) is 0 Å². The van der Waals surface area contributed by atoms with Crippen molar-refractivity contribution in [1.82, 2.24) is 9.55 Å². The smallest absolute Gasteiger partial charge is 0.188 e. The first-order valence-electron chi connectivity index (χ1n) is 17.5. The number of aromatic nitrogens is 2. The molecule has 10 rings (SSSR count). The van der Waals surface area contributed by atoms with Gasteiger partial charge in [0.05, 0.1) is 35.4 Å². The number of benzene rings is 8. The summed E-state index contributed by atoms with van der Waals surface area (Å²) in [5, 5.41) is 7.92. The molecular weight excluding hydrogens is 645 g/mol. The number of nitrogens with zero attached hydrogens (tertiary/aromatic N) is 4. The Balaban J connectivity index is 1.15. The Hall–Kier alpha value is -7.53. The van der Waals surface area contributed by atoms with E-state index in [4.69, 9.17) is 18.1 Å². The predicted octanol–water partition coefficient (Wildman–Crippen LogP) is 13.7. The fourth-order valence-corrected chi connectivity index (χ4v) is 7.93. The average Bonchev–Trinajstić information content (AvgIpc) is 3.56. The Bertz CT molecular complexity index is 3160. The van der Waals surface area contributed by atoms with Gasteiger partial charge in [-0.25, -0.2) is 14.7 Å². The van der Waals surface area contributed by atoms with Crippen LogP contribution < -0.4 is 0 Å². The fraction of sp³-hybridized carbons (Fsp3) is 0. The minimum atomic E-state index is 0.626. The molecule has 0 amide bonds. The van der Waals surface area contributed by atoms with E-state index >= 15 is 0 Å². The van der Waals surface area contributed by atoms with Gasteiger partial charge < -0.3 is 4.57 Å². The molecule has 244 valence electrons. The van der Waals surface area contributed by atoms with Crippen LogP contribution in [0.4, 0.5) is 11.4 Å². The summed E-state index contributed by atoms with van der Waals surface area (Å²) in [6.07, 6.45) is 0. The highest BCUT2D eigenvalue weighted by molar-refractivity contribution is 6.25. The molecule has 8 aromatic carbocycles. The number of hydrogen-bond donors (Lipinski definition) is 0. The zero-order valence-corrected chi connectivity index (χ0v) is 28.5. The molecule has 0 radical (unpaired) electrons. The van der Waals surface area contributed by atoms with Gasteiger partial charge in [0.2, 0.25) is 0 Å². The number of pyridine rings is 1. The Morgan fingerprint density at radius 2 is 1.00 bits per heavy atom. The predicted molar refractivity (Wildman–Crippen MR) is 220 cm³/mol. The molecule has 0 bridgehead atoms. The third-order valence-corrected chi connectivity index (χ3v) is 10.4. The van der Waals surface area contributed by atoms with Crippen LogP contribution in [0, 0.1) is 13.1 Å². The van der Waals surface area contributed by atoms with E-state index in [0.29, 0.717) is 11.4 Å². The summed E-state index contributed by atoms with van der Waals surface area (Å²) in [6.45, 7) is 15.1. The molecule has 0 saturated heterocycles. The first-order valence-corrected chi connectivity index (χ1v) is 17.5. The van der Waals surface area contributed by atoms with Gasteiger partial charge >= 0.3 is 0 Å². The summed E-state index contributed by atoms with van der Waals surface area (Å²) >= 11 is 0. The van der Waals surface area contributed by atoms with Crippen molar-refractivity contribution in [2.75, 3.05) is 0 Å². The van der Waals surface area contributed by atoms with Crippen molar-refractivity contribution < 1.29 is 0 Å². The summed E-state index contributed by atoms with van der Waals surface area (Å²) < 4.78 is 2.28. The Morgan fingerprint density at radius 1 is 0.415 bits per heavy atom. The van der Waals surface area contributed by atoms with E-state index in [1.807, 2.05) is 42.5 Å². The lowest BCUT2D eigenvalue weighted by Crippen LogP contribution is -1.93. The van der Waals surface area contributed by atoms with Gasteiger partial charge in [-0.1, -0.05) is 121 Å². The quantitative estimate of drug-likeness (QED) is 0.135. The lowest BCUT2D eigenvalue weighted by Gasteiger charge is -2.16. The van der Waals surface area contributed by atoms with Crippen LogP contribution in [0.25, 0.3) is 103 Å². The molecule has 4 nitrogen and oxygen atoms in total. The van der Waals surface area contributed by atoms with Crippen molar-refractivity contribution in [2.24, 2.45) is 0 Å². The lowest BCUT2D eigenvalue weighted by atomic mass is 9.89. The molecule has 4 heteroatoms. The molecule has 0 aliphatic carbocycles. The largest absolute Gasteiger partial charge is 0.309 e. The SMILES string of the molecule is [C-]#[N+]c1ccc(-c2cc3c(-c4ccc(-c5ccc6c(c5)c5cc([N+]#[C-])ccc5n6-c5ccccc5)cc4)nc4ccccc4c3c3ccccc23)cc1. The maximum atomic E-state index is 7.67. The Kier molecular flexibility index (Phi) is 6.90. The summed E-state index contributed by atoms with van der Waals surface area (Å²) in [5.41, 5.74) is 11.9. The molecule has 0 unspecified atom stereocenters. The Labute approximate surface area is 306 Å². The van der Waals surface area contributed by atoms with E-state index in [-0.39, 0.29) is 0 Å². The summed E-state index contributed by atoms with van der Waals surface area (Å²) in [6, 6.07) is 58.8. The van der Waals surface area contributed by atoms with E-state index in [1.54, 1.807) is 0 Å². The van der Waals surface area contributed by atoms with E-state index in [2.05, 4.69) is 142 Å². The normalized spacial score (nSPS) is 11.4. The summed E-state index contributed by atoms with van der Waals surface area (Å²) in [4.78, 5) is 12.7. The molecule has 0 saturated carbocycles. The molecule has 10 aromatic rings. The van der Waals surface area contributed by atoms with Gasteiger partial charge in [0.25, 0.3) is 0 Å². The molecule has 0 spiro atoms. The van der Waals surface area contributed by atoms with Crippen LogP contribution in [0.1, 0.15) is 0 Å². The standard InChI is InChI=1S/C49H28N4/c1-50-35-23-20-32(21-24-35)41-30-44-48(39-13-7-6-12-38(39)41)40-14-8-9-15-45(40)52-49(44)33-18-16-31(17-19-33)34-22-26-46-42(28-34)43-29-36(51-2)25-27-47(43)53(46)37-10-4-3-5-11-37/h3-30H. The van der Waals surface area contributed by atoms with Crippen LogP contribution in [0.3, 0.4) is 0 Å². The van der Waals surface area contributed by atoms with Gasteiger partial charge in [-0.05, 0) is 86.9 Å². The van der Waals surface area contributed by atoms with Gasteiger partial charge in [-0.2, -0.15) is 0 Å². The monoisotopic (exact) mass is 672 g/mol. The molecule has 53 heavy (non-hydrogen) atoms. The first-order chi connectivity index (χ1) is 26.2. The molecule has 0 aliphatic rings. The molecule has 2 heterocycles. The minimum Gasteiger partial charge on any atom is -0.309 e. The number of fused-ring (bicyclic) bond motifs is 8. The highest BCUT2D eigenvalue weighted by Gasteiger charge is 2.18.